The number of anilines is 1. The Morgan fingerprint density at radius 1 is 0.933 bits per heavy atom. The smallest absolute Gasteiger partial charge is 0.338 e. The van der Waals surface area contributed by atoms with Crippen molar-refractivity contribution in [3.8, 4) is 0 Å². The van der Waals surface area contributed by atoms with Gasteiger partial charge in [-0.25, -0.2) is 9.59 Å². The Morgan fingerprint density at radius 3 is 2.20 bits per heavy atom. The van der Waals surface area contributed by atoms with Crippen LogP contribution in [0.15, 0.2) is 48.7 Å². The number of aromatic nitrogens is 1. The second kappa shape index (κ2) is 9.73. The molecule has 0 fully saturated rings. The summed E-state index contributed by atoms with van der Waals surface area (Å²) in [7, 11) is 0. The van der Waals surface area contributed by atoms with Crippen molar-refractivity contribution < 1.29 is 23.9 Å². The lowest BCUT2D eigenvalue weighted by atomic mass is 10.1. The molecule has 156 valence electrons. The number of benzene rings is 2. The molecule has 0 aliphatic carbocycles. The maximum atomic E-state index is 12.5. The van der Waals surface area contributed by atoms with Gasteiger partial charge < -0.3 is 19.8 Å². The third-order valence-electron chi connectivity index (χ3n) is 4.54. The number of hydrogen-bond acceptors (Lipinski definition) is 5. The number of H-pyrrole nitrogens is 1. The van der Waals surface area contributed by atoms with Gasteiger partial charge in [0.2, 0.25) is 5.91 Å². The minimum absolute atomic E-state index is 0.175. The zero-order valence-electron chi connectivity index (χ0n) is 17.0. The number of carbonyl (C=O) groups excluding carboxylic acids is 3. The van der Waals surface area contributed by atoms with Crippen LogP contribution in [0.1, 0.15) is 46.5 Å². The van der Waals surface area contributed by atoms with Crippen LogP contribution >= 0.6 is 0 Å². The molecule has 0 atom stereocenters. The van der Waals surface area contributed by atoms with E-state index in [0.29, 0.717) is 12.1 Å². The summed E-state index contributed by atoms with van der Waals surface area (Å²) in [5.74, 6) is -1.37. The molecular weight excluding hydrogens is 384 g/mol. The number of ether oxygens (including phenoxy) is 2. The zero-order chi connectivity index (χ0) is 21.5. The highest BCUT2D eigenvalue weighted by molar-refractivity contribution is 5.99. The highest BCUT2D eigenvalue weighted by atomic mass is 16.5. The van der Waals surface area contributed by atoms with Crippen molar-refractivity contribution in [1.29, 1.82) is 0 Å². The molecule has 2 aromatic carbocycles. The summed E-state index contributed by atoms with van der Waals surface area (Å²) in [6.07, 6.45) is 2.70. The molecule has 0 spiro atoms. The first-order valence-electron chi connectivity index (χ1n) is 9.86. The number of carbonyl (C=O) groups is 3. The number of hydrogen-bond donors (Lipinski definition) is 2. The third kappa shape index (κ3) is 5.05. The Kier molecular flexibility index (Phi) is 6.85. The average molecular weight is 408 g/mol. The molecule has 1 aromatic heterocycles. The molecule has 7 heteroatoms. The van der Waals surface area contributed by atoms with E-state index in [9.17, 15) is 14.4 Å². The van der Waals surface area contributed by atoms with Gasteiger partial charge in [-0.1, -0.05) is 18.2 Å². The molecule has 0 aliphatic heterocycles. The van der Waals surface area contributed by atoms with Gasteiger partial charge in [0.05, 0.1) is 24.3 Å². The van der Waals surface area contributed by atoms with Crippen LogP contribution in [0, 0.1) is 0 Å². The van der Waals surface area contributed by atoms with Crippen LogP contribution in [0.2, 0.25) is 0 Å². The lowest BCUT2D eigenvalue weighted by Gasteiger charge is -2.10. The van der Waals surface area contributed by atoms with Crippen LogP contribution in [0.4, 0.5) is 5.69 Å². The van der Waals surface area contributed by atoms with Crippen molar-refractivity contribution in [1.82, 2.24) is 4.98 Å². The molecule has 0 saturated heterocycles. The van der Waals surface area contributed by atoms with Crippen molar-refractivity contribution in [2.75, 3.05) is 18.5 Å². The number of para-hydroxylation sites is 1. The molecule has 3 aromatic rings. The van der Waals surface area contributed by atoms with Gasteiger partial charge in [-0.2, -0.15) is 0 Å². The zero-order valence-corrected chi connectivity index (χ0v) is 17.0. The predicted molar refractivity (Wildman–Crippen MR) is 114 cm³/mol. The topological polar surface area (TPSA) is 97.5 Å². The number of aromatic amines is 1. The summed E-state index contributed by atoms with van der Waals surface area (Å²) in [5.41, 5.74) is 2.76. The molecule has 0 radical (unpaired) electrons. The van der Waals surface area contributed by atoms with Gasteiger partial charge in [0.15, 0.2) is 0 Å². The van der Waals surface area contributed by atoms with Crippen molar-refractivity contribution in [2.24, 2.45) is 0 Å². The minimum Gasteiger partial charge on any atom is -0.462 e. The van der Waals surface area contributed by atoms with Gasteiger partial charge in [0, 0.05) is 29.2 Å². The van der Waals surface area contributed by atoms with Crippen LogP contribution in [0.3, 0.4) is 0 Å². The normalized spacial score (nSPS) is 10.6. The predicted octanol–water partition coefficient (Wildman–Crippen LogP) is 4.09. The van der Waals surface area contributed by atoms with E-state index in [1.54, 1.807) is 13.8 Å². The number of fused-ring (bicyclic) bond motifs is 1. The van der Waals surface area contributed by atoms with Crippen LogP contribution in [-0.4, -0.2) is 36.0 Å². The molecule has 0 bridgehead atoms. The summed E-state index contributed by atoms with van der Waals surface area (Å²) in [6.45, 7) is 3.80. The van der Waals surface area contributed by atoms with E-state index in [2.05, 4.69) is 10.3 Å². The monoisotopic (exact) mass is 408 g/mol. The molecule has 0 unspecified atom stereocenters. The van der Waals surface area contributed by atoms with Gasteiger partial charge in [0.25, 0.3) is 0 Å². The summed E-state index contributed by atoms with van der Waals surface area (Å²) in [5, 5.41) is 3.85. The lowest BCUT2D eigenvalue weighted by Crippen LogP contribution is -2.15. The Bertz CT molecular complexity index is 1030. The van der Waals surface area contributed by atoms with Crippen molar-refractivity contribution in [2.45, 2.75) is 26.7 Å². The van der Waals surface area contributed by atoms with Crippen molar-refractivity contribution in [3.05, 3.63) is 65.4 Å². The summed E-state index contributed by atoms with van der Waals surface area (Å²) in [4.78, 5) is 40.0. The molecule has 7 nitrogen and oxygen atoms in total. The van der Waals surface area contributed by atoms with Crippen LogP contribution in [-0.2, 0) is 20.7 Å². The van der Waals surface area contributed by atoms with E-state index >= 15 is 0 Å². The Morgan fingerprint density at radius 2 is 1.57 bits per heavy atom. The van der Waals surface area contributed by atoms with E-state index in [0.717, 1.165) is 16.5 Å². The SMILES string of the molecule is CCOC(=O)c1cc(NC(=O)CCc2c[nH]c3ccccc23)cc(C(=O)OCC)c1. The highest BCUT2D eigenvalue weighted by Gasteiger charge is 2.16. The van der Waals surface area contributed by atoms with E-state index < -0.39 is 11.9 Å². The Hall–Kier alpha value is -3.61. The van der Waals surface area contributed by atoms with Gasteiger partial charge in [-0.15, -0.1) is 0 Å². The van der Waals surface area contributed by atoms with E-state index in [4.69, 9.17) is 9.47 Å². The standard InChI is InChI=1S/C23H24N2O5/c1-3-29-22(27)16-11-17(23(28)30-4-2)13-18(12-16)25-21(26)10-9-15-14-24-20-8-6-5-7-19(15)20/h5-8,11-14,24H,3-4,9-10H2,1-2H3,(H,25,26). The van der Waals surface area contributed by atoms with Gasteiger partial charge in [-0.3, -0.25) is 4.79 Å². The molecule has 0 saturated carbocycles. The highest BCUT2D eigenvalue weighted by Crippen LogP contribution is 2.20. The number of nitrogens with one attached hydrogen (secondary N) is 2. The Balaban J connectivity index is 1.74. The maximum absolute atomic E-state index is 12.5. The Labute approximate surface area is 174 Å². The van der Waals surface area contributed by atoms with Crippen molar-refractivity contribution >= 4 is 34.4 Å². The molecule has 0 aliphatic rings. The fourth-order valence-corrected chi connectivity index (χ4v) is 3.17. The second-order valence-corrected chi connectivity index (χ2v) is 6.65. The number of aryl methyl sites for hydroxylation is 1. The first kappa shape index (κ1) is 21.1. The quantitative estimate of drug-likeness (QED) is 0.547. The fourth-order valence-electron chi connectivity index (χ4n) is 3.17. The molecule has 3 rings (SSSR count). The molecule has 1 heterocycles. The maximum Gasteiger partial charge on any atom is 0.338 e. The van der Waals surface area contributed by atoms with Crippen LogP contribution < -0.4 is 5.32 Å². The molecule has 30 heavy (non-hydrogen) atoms. The molecular formula is C23H24N2O5. The van der Waals surface area contributed by atoms with Gasteiger partial charge in [0.1, 0.15) is 0 Å². The van der Waals surface area contributed by atoms with Gasteiger partial charge in [-0.05, 0) is 50.1 Å². The average Bonchev–Trinajstić information content (AvgIpc) is 3.15. The molecule has 2 N–H and O–H groups in total. The number of rotatable bonds is 8. The van der Waals surface area contributed by atoms with E-state index in [-0.39, 0.29) is 36.7 Å². The second-order valence-electron chi connectivity index (χ2n) is 6.65. The summed E-state index contributed by atoms with van der Waals surface area (Å²) >= 11 is 0. The van der Waals surface area contributed by atoms with Crippen LogP contribution in [0.25, 0.3) is 10.9 Å². The van der Waals surface area contributed by atoms with Crippen molar-refractivity contribution in [3.63, 3.8) is 0 Å². The number of esters is 2. The van der Waals surface area contributed by atoms with E-state index in [1.165, 1.54) is 18.2 Å². The summed E-state index contributed by atoms with van der Waals surface area (Å²) in [6, 6.07) is 12.3. The lowest BCUT2D eigenvalue weighted by molar-refractivity contribution is -0.116. The largest absolute Gasteiger partial charge is 0.462 e. The van der Waals surface area contributed by atoms with E-state index in [1.807, 2.05) is 30.5 Å². The van der Waals surface area contributed by atoms with Crippen LogP contribution in [0.5, 0.6) is 0 Å². The summed E-state index contributed by atoms with van der Waals surface area (Å²) < 4.78 is 10.0. The minimum atomic E-state index is -0.571. The number of amides is 1. The van der Waals surface area contributed by atoms with Gasteiger partial charge >= 0.3 is 11.9 Å². The fraction of sp³-hybridized carbons (Fsp3) is 0.261. The third-order valence-corrected chi connectivity index (χ3v) is 4.54. The molecule has 1 amide bonds. The first-order chi connectivity index (χ1) is 14.5. The first-order valence-corrected chi connectivity index (χ1v) is 9.86.